The van der Waals surface area contributed by atoms with Crippen molar-refractivity contribution in [2.75, 3.05) is 20.1 Å². The maximum Gasteiger partial charge on any atom is 0.257 e. The van der Waals surface area contributed by atoms with E-state index in [9.17, 15) is 4.79 Å². The molecule has 2 aromatic carbocycles. The minimum atomic E-state index is 0.00886. The lowest BCUT2D eigenvalue weighted by atomic mass is 9.92. The normalized spacial score (nSPS) is 17.1. The van der Waals surface area contributed by atoms with Crippen molar-refractivity contribution in [3.63, 3.8) is 0 Å². The van der Waals surface area contributed by atoms with E-state index in [1.54, 1.807) is 11.1 Å². The number of hydrogen-bond donors (Lipinski definition) is 1. The van der Waals surface area contributed by atoms with Gasteiger partial charge in [-0.15, -0.1) is 0 Å². The molecule has 0 radical (unpaired) electrons. The smallest absolute Gasteiger partial charge is 0.257 e. The highest BCUT2D eigenvalue weighted by atomic mass is 35.5. The van der Waals surface area contributed by atoms with Crippen molar-refractivity contribution >= 4 is 17.5 Å². The molecule has 156 valence electrons. The summed E-state index contributed by atoms with van der Waals surface area (Å²) < 4.78 is 0. The molecule has 4 rings (SSSR count). The molecule has 0 unspecified atom stereocenters. The van der Waals surface area contributed by atoms with Crippen LogP contribution in [0.15, 0.2) is 60.8 Å². The number of halogens is 1. The zero-order chi connectivity index (χ0) is 20.9. The maximum atomic E-state index is 13.1. The zero-order valence-corrected chi connectivity index (χ0v) is 18.0. The van der Waals surface area contributed by atoms with E-state index in [0.717, 1.165) is 48.8 Å². The molecule has 6 heteroatoms. The Bertz CT molecular complexity index is 988. The van der Waals surface area contributed by atoms with Gasteiger partial charge >= 0.3 is 0 Å². The van der Waals surface area contributed by atoms with E-state index >= 15 is 0 Å². The third-order valence-electron chi connectivity index (χ3n) is 5.72. The van der Waals surface area contributed by atoms with Crippen LogP contribution in [0.4, 0.5) is 0 Å². The molecule has 1 amide bonds. The number of benzene rings is 2. The van der Waals surface area contributed by atoms with Gasteiger partial charge in [0.2, 0.25) is 0 Å². The predicted molar refractivity (Wildman–Crippen MR) is 120 cm³/mol. The molecule has 1 aliphatic heterocycles. The van der Waals surface area contributed by atoms with Crippen LogP contribution in [-0.4, -0.2) is 46.0 Å². The Labute approximate surface area is 182 Å². The lowest BCUT2D eigenvalue weighted by Gasteiger charge is -2.32. The van der Waals surface area contributed by atoms with Gasteiger partial charge in [-0.25, -0.2) is 0 Å². The molecule has 0 spiro atoms. The van der Waals surface area contributed by atoms with E-state index in [-0.39, 0.29) is 11.8 Å². The number of carbonyl (C=O) groups is 1. The van der Waals surface area contributed by atoms with Gasteiger partial charge in [-0.05, 0) is 42.6 Å². The minimum absolute atomic E-state index is 0.00886. The van der Waals surface area contributed by atoms with E-state index in [4.69, 9.17) is 11.6 Å². The Morgan fingerprint density at radius 3 is 2.80 bits per heavy atom. The molecular weight excluding hydrogens is 396 g/mol. The average Bonchev–Trinajstić information content (AvgIpc) is 3.24. The number of aromatic amines is 1. The van der Waals surface area contributed by atoms with Crippen LogP contribution in [0.3, 0.4) is 0 Å². The van der Waals surface area contributed by atoms with Crippen molar-refractivity contribution in [2.45, 2.75) is 31.8 Å². The molecule has 1 aliphatic rings. The highest BCUT2D eigenvalue weighted by Gasteiger charge is 2.28. The first kappa shape index (κ1) is 20.6. The fraction of sp³-hybridized carbons (Fsp3) is 0.333. The second kappa shape index (κ2) is 9.45. The highest BCUT2D eigenvalue weighted by molar-refractivity contribution is 6.30. The van der Waals surface area contributed by atoms with E-state index in [2.05, 4.69) is 21.2 Å². The molecular formula is C24H27ClN4O. The van der Waals surface area contributed by atoms with Gasteiger partial charge in [-0.3, -0.25) is 14.8 Å². The monoisotopic (exact) mass is 422 g/mol. The van der Waals surface area contributed by atoms with Crippen molar-refractivity contribution < 1.29 is 4.79 Å². The number of nitrogens with zero attached hydrogens (tertiary/aromatic N) is 3. The Morgan fingerprint density at radius 2 is 2.00 bits per heavy atom. The molecule has 1 fully saturated rings. The van der Waals surface area contributed by atoms with Gasteiger partial charge in [0.25, 0.3) is 5.91 Å². The summed E-state index contributed by atoms with van der Waals surface area (Å²) in [6.07, 6.45) is 3.82. The molecule has 0 aliphatic carbocycles. The second-order valence-corrected chi connectivity index (χ2v) is 8.48. The predicted octanol–water partition coefficient (Wildman–Crippen LogP) is 4.71. The van der Waals surface area contributed by atoms with Gasteiger partial charge in [0.15, 0.2) is 0 Å². The molecule has 3 aromatic rings. The van der Waals surface area contributed by atoms with Gasteiger partial charge in [-0.2, -0.15) is 5.10 Å². The Balaban J connectivity index is 1.44. The van der Waals surface area contributed by atoms with Gasteiger partial charge in [0, 0.05) is 37.6 Å². The van der Waals surface area contributed by atoms with Crippen molar-refractivity contribution in [2.24, 2.45) is 0 Å². The SMILES string of the molecule is CN(Cc1ccccc1)C(=O)c1cn[nH]c1[C@H]1CCCN(Cc2cccc(Cl)c2)C1. The number of hydrogen-bond acceptors (Lipinski definition) is 3. The van der Waals surface area contributed by atoms with E-state index < -0.39 is 0 Å². The lowest BCUT2D eigenvalue weighted by molar-refractivity contribution is 0.0782. The summed E-state index contributed by atoms with van der Waals surface area (Å²) in [5, 5.41) is 8.11. The molecule has 1 atom stereocenters. The van der Waals surface area contributed by atoms with Crippen LogP contribution < -0.4 is 0 Å². The van der Waals surface area contributed by atoms with E-state index in [1.165, 1.54) is 5.56 Å². The van der Waals surface area contributed by atoms with E-state index in [0.29, 0.717) is 12.1 Å². The maximum absolute atomic E-state index is 13.1. The highest BCUT2D eigenvalue weighted by Crippen LogP contribution is 2.29. The number of H-pyrrole nitrogens is 1. The summed E-state index contributed by atoms with van der Waals surface area (Å²) in [4.78, 5) is 17.3. The largest absolute Gasteiger partial charge is 0.337 e. The van der Waals surface area contributed by atoms with Crippen LogP contribution >= 0.6 is 11.6 Å². The van der Waals surface area contributed by atoms with Crippen LogP contribution in [0.1, 0.15) is 45.9 Å². The molecule has 1 N–H and O–H groups in total. The molecule has 2 heterocycles. The molecule has 0 saturated carbocycles. The Hall–Kier alpha value is -2.63. The summed E-state index contributed by atoms with van der Waals surface area (Å²) >= 11 is 6.14. The fourth-order valence-corrected chi connectivity index (χ4v) is 4.45. The molecule has 1 aromatic heterocycles. The number of likely N-dealkylation sites (tertiary alicyclic amines) is 1. The van der Waals surface area contributed by atoms with Crippen LogP contribution in [0.25, 0.3) is 0 Å². The fourth-order valence-electron chi connectivity index (χ4n) is 4.24. The Kier molecular flexibility index (Phi) is 6.50. The summed E-state index contributed by atoms with van der Waals surface area (Å²) in [5.74, 6) is 0.277. The quantitative estimate of drug-likeness (QED) is 0.625. The first-order valence-corrected chi connectivity index (χ1v) is 10.8. The number of nitrogens with one attached hydrogen (secondary N) is 1. The van der Waals surface area contributed by atoms with E-state index in [1.807, 2.05) is 55.6 Å². The third kappa shape index (κ3) is 4.91. The standard InChI is InChI=1S/C24H27ClN4O/c1-28(15-18-7-3-2-4-8-18)24(30)22-14-26-27-23(22)20-10-6-12-29(17-20)16-19-9-5-11-21(25)13-19/h2-5,7-9,11,13-14,20H,6,10,12,15-17H2,1H3,(H,26,27)/t20-/m0/s1. The summed E-state index contributed by atoms with van der Waals surface area (Å²) in [6, 6.07) is 18.1. The average molecular weight is 423 g/mol. The number of piperidine rings is 1. The van der Waals surface area contributed by atoms with Gasteiger partial charge in [-0.1, -0.05) is 54.1 Å². The number of rotatable bonds is 6. The summed E-state index contributed by atoms with van der Waals surface area (Å²) in [6.45, 7) is 3.39. The van der Waals surface area contributed by atoms with Crippen LogP contribution in [0, 0.1) is 0 Å². The number of carbonyl (C=O) groups excluding carboxylic acids is 1. The molecule has 5 nitrogen and oxygen atoms in total. The first-order chi connectivity index (χ1) is 14.6. The van der Waals surface area contributed by atoms with Crippen molar-refractivity contribution in [3.8, 4) is 0 Å². The lowest BCUT2D eigenvalue weighted by Crippen LogP contribution is -2.35. The minimum Gasteiger partial charge on any atom is -0.337 e. The summed E-state index contributed by atoms with van der Waals surface area (Å²) in [5.41, 5.74) is 3.97. The second-order valence-electron chi connectivity index (χ2n) is 8.05. The number of amides is 1. The van der Waals surface area contributed by atoms with Crippen LogP contribution in [0.5, 0.6) is 0 Å². The van der Waals surface area contributed by atoms with Crippen molar-refractivity contribution in [1.82, 2.24) is 20.0 Å². The zero-order valence-electron chi connectivity index (χ0n) is 17.2. The summed E-state index contributed by atoms with van der Waals surface area (Å²) in [7, 11) is 1.85. The van der Waals surface area contributed by atoms with Crippen molar-refractivity contribution in [1.29, 1.82) is 0 Å². The molecule has 30 heavy (non-hydrogen) atoms. The van der Waals surface area contributed by atoms with Gasteiger partial charge in [0.05, 0.1) is 17.5 Å². The van der Waals surface area contributed by atoms with Gasteiger partial charge < -0.3 is 4.90 Å². The molecule has 1 saturated heterocycles. The third-order valence-corrected chi connectivity index (χ3v) is 5.95. The first-order valence-electron chi connectivity index (χ1n) is 10.4. The van der Waals surface area contributed by atoms with Crippen LogP contribution in [0.2, 0.25) is 5.02 Å². The Morgan fingerprint density at radius 1 is 1.20 bits per heavy atom. The van der Waals surface area contributed by atoms with Gasteiger partial charge in [0.1, 0.15) is 0 Å². The number of aromatic nitrogens is 2. The van der Waals surface area contributed by atoms with Crippen LogP contribution in [-0.2, 0) is 13.1 Å². The molecule has 0 bridgehead atoms. The van der Waals surface area contributed by atoms with Crippen molar-refractivity contribution in [3.05, 3.63) is 88.2 Å². The topological polar surface area (TPSA) is 52.2 Å².